The first kappa shape index (κ1) is 20.7. The van der Waals surface area contributed by atoms with Crippen LogP contribution in [0.4, 0.5) is 5.69 Å². The normalized spacial score (nSPS) is 10.8. The molecule has 0 unspecified atom stereocenters. The molecule has 0 radical (unpaired) electrons. The van der Waals surface area contributed by atoms with E-state index in [9.17, 15) is 14.9 Å². The molecule has 0 fully saturated rings. The number of carbonyl (C=O) groups is 2. The van der Waals surface area contributed by atoms with Gasteiger partial charge >= 0.3 is 5.97 Å². The van der Waals surface area contributed by atoms with E-state index in [0.717, 1.165) is 19.3 Å². The zero-order valence-electron chi connectivity index (χ0n) is 15.6. The largest absolute Gasteiger partial charge is 0.481 e. The Morgan fingerprint density at radius 2 is 1.89 bits per heavy atom. The summed E-state index contributed by atoms with van der Waals surface area (Å²) in [7, 11) is 0. The lowest BCUT2D eigenvalue weighted by molar-refractivity contribution is -0.139. The van der Waals surface area contributed by atoms with Crippen molar-refractivity contribution < 1.29 is 19.4 Å². The Morgan fingerprint density at radius 1 is 1.18 bits per heavy atom. The maximum atomic E-state index is 12.4. The van der Waals surface area contributed by atoms with E-state index < -0.39 is 18.5 Å². The Morgan fingerprint density at radius 3 is 2.54 bits per heavy atom. The van der Waals surface area contributed by atoms with Gasteiger partial charge in [-0.15, -0.1) is 0 Å². The molecule has 6 nitrogen and oxygen atoms in total. The molecule has 0 heterocycles. The van der Waals surface area contributed by atoms with Crippen molar-refractivity contribution in [3.05, 3.63) is 65.2 Å². The first-order chi connectivity index (χ1) is 13.5. The number of carboxylic acid groups (broad SMARTS) is 1. The van der Waals surface area contributed by atoms with E-state index in [-0.39, 0.29) is 11.3 Å². The fourth-order valence-corrected chi connectivity index (χ4v) is 2.51. The summed E-state index contributed by atoms with van der Waals surface area (Å²) in [5.41, 5.74) is 2.13. The molecule has 0 saturated heterocycles. The maximum absolute atomic E-state index is 12.4. The molecule has 28 heavy (non-hydrogen) atoms. The summed E-state index contributed by atoms with van der Waals surface area (Å²) in [6.07, 6.45) is 4.59. The van der Waals surface area contributed by atoms with Crippen molar-refractivity contribution in [3.63, 3.8) is 0 Å². The predicted molar refractivity (Wildman–Crippen MR) is 107 cm³/mol. The van der Waals surface area contributed by atoms with Crippen LogP contribution in [0.5, 0.6) is 5.75 Å². The maximum Gasteiger partial charge on any atom is 0.341 e. The second-order valence-corrected chi connectivity index (χ2v) is 6.14. The summed E-state index contributed by atoms with van der Waals surface area (Å²) in [6.45, 7) is 1.62. The molecule has 0 bridgehead atoms. The summed E-state index contributed by atoms with van der Waals surface area (Å²) in [6, 6.07) is 16.0. The lowest BCUT2D eigenvalue weighted by Crippen LogP contribution is -2.14. The molecule has 0 aliphatic rings. The van der Waals surface area contributed by atoms with Crippen LogP contribution in [0, 0.1) is 11.3 Å². The molecule has 6 heteroatoms. The van der Waals surface area contributed by atoms with E-state index in [0.29, 0.717) is 11.3 Å². The Hall–Kier alpha value is -3.59. The molecule has 2 aromatic rings. The molecule has 0 aliphatic heterocycles. The van der Waals surface area contributed by atoms with E-state index >= 15 is 0 Å². The number of anilines is 1. The van der Waals surface area contributed by atoms with Gasteiger partial charge in [0, 0.05) is 11.3 Å². The van der Waals surface area contributed by atoms with Crippen LogP contribution in [-0.4, -0.2) is 23.6 Å². The SMILES string of the molecule is CCCCc1ccc(NC(=O)/C(C#N)=C/c2ccccc2OCC(=O)O)cc1. The molecular weight excluding hydrogens is 356 g/mol. The van der Waals surface area contributed by atoms with Crippen molar-refractivity contribution >= 4 is 23.6 Å². The van der Waals surface area contributed by atoms with Gasteiger partial charge in [-0.1, -0.05) is 43.7 Å². The first-order valence-electron chi connectivity index (χ1n) is 8.99. The van der Waals surface area contributed by atoms with Crippen LogP contribution in [0.3, 0.4) is 0 Å². The van der Waals surface area contributed by atoms with E-state index in [4.69, 9.17) is 9.84 Å². The molecule has 2 rings (SSSR count). The highest BCUT2D eigenvalue weighted by Gasteiger charge is 2.12. The standard InChI is InChI=1S/C22H22N2O4/c1-2-3-6-16-9-11-19(12-10-16)24-22(27)18(14-23)13-17-7-4-5-8-20(17)28-15-21(25)26/h4-5,7-13H,2-3,6,15H2,1H3,(H,24,27)(H,25,26)/b18-13+. The highest BCUT2D eigenvalue weighted by atomic mass is 16.5. The van der Waals surface area contributed by atoms with Crippen molar-refractivity contribution in [1.29, 1.82) is 5.26 Å². The number of aryl methyl sites for hydroxylation is 1. The number of hydrogen-bond acceptors (Lipinski definition) is 4. The molecule has 0 aliphatic carbocycles. The summed E-state index contributed by atoms with van der Waals surface area (Å²) >= 11 is 0. The average molecular weight is 378 g/mol. The average Bonchev–Trinajstić information content (AvgIpc) is 2.70. The fraction of sp³-hybridized carbons (Fsp3) is 0.227. The van der Waals surface area contributed by atoms with Gasteiger partial charge in [-0.2, -0.15) is 5.26 Å². The molecule has 144 valence electrons. The molecular formula is C22H22N2O4. The van der Waals surface area contributed by atoms with Gasteiger partial charge in [0.25, 0.3) is 5.91 Å². The van der Waals surface area contributed by atoms with Crippen LogP contribution in [0.1, 0.15) is 30.9 Å². The number of aliphatic carboxylic acids is 1. The number of benzene rings is 2. The highest BCUT2D eigenvalue weighted by Crippen LogP contribution is 2.21. The number of hydrogen-bond donors (Lipinski definition) is 2. The molecule has 1 amide bonds. The van der Waals surface area contributed by atoms with Gasteiger partial charge in [0.05, 0.1) is 0 Å². The van der Waals surface area contributed by atoms with Crippen LogP contribution in [0.2, 0.25) is 0 Å². The number of para-hydroxylation sites is 1. The number of nitriles is 1. The second-order valence-electron chi connectivity index (χ2n) is 6.14. The van der Waals surface area contributed by atoms with Crippen LogP contribution in [0.15, 0.2) is 54.1 Å². The number of rotatable bonds is 9. The lowest BCUT2D eigenvalue weighted by Gasteiger charge is -2.08. The zero-order chi connectivity index (χ0) is 20.4. The van der Waals surface area contributed by atoms with Gasteiger partial charge < -0.3 is 15.2 Å². The van der Waals surface area contributed by atoms with Gasteiger partial charge in [-0.3, -0.25) is 4.79 Å². The van der Waals surface area contributed by atoms with E-state index in [1.807, 2.05) is 30.3 Å². The van der Waals surface area contributed by atoms with Gasteiger partial charge in [-0.05, 0) is 42.7 Å². The van der Waals surface area contributed by atoms with Crippen LogP contribution < -0.4 is 10.1 Å². The Balaban J connectivity index is 2.13. The minimum atomic E-state index is -1.11. The number of amides is 1. The quantitative estimate of drug-likeness (QED) is 0.507. The minimum Gasteiger partial charge on any atom is -0.481 e. The van der Waals surface area contributed by atoms with Gasteiger partial charge in [-0.25, -0.2) is 4.79 Å². The third kappa shape index (κ3) is 6.29. The monoisotopic (exact) mass is 378 g/mol. The Kier molecular flexibility index (Phi) is 7.79. The van der Waals surface area contributed by atoms with Crippen molar-refractivity contribution in [2.75, 3.05) is 11.9 Å². The zero-order valence-corrected chi connectivity index (χ0v) is 15.6. The summed E-state index contributed by atoms with van der Waals surface area (Å²) in [5.74, 6) is -1.37. The van der Waals surface area contributed by atoms with Crippen LogP contribution in [0.25, 0.3) is 6.08 Å². The van der Waals surface area contributed by atoms with E-state index in [2.05, 4.69) is 12.2 Å². The molecule has 0 aromatic heterocycles. The number of nitrogens with one attached hydrogen (secondary N) is 1. The number of carbonyl (C=O) groups excluding carboxylic acids is 1. The van der Waals surface area contributed by atoms with Crippen LogP contribution >= 0.6 is 0 Å². The Bertz CT molecular complexity index is 895. The van der Waals surface area contributed by atoms with Crippen molar-refractivity contribution in [2.24, 2.45) is 0 Å². The smallest absolute Gasteiger partial charge is 0.341 e. The summed E-state index contributed by atoms with van der Waals surface area (Å²) in [5, 5.41) is 20.8. The van der Waals surface area contributed by atoms with Gasteiger partial charge in [0.15, 0.2) is 6.61 Å². The predicted octanol–water partition coefficient (Wildman–Crippen LogP) is 4.04. The van der Waals surface area contributed by atoms with Gasteiger partial charge in [0.2, 0.25) is 0 Å². The molecule has 0 spiro atoms. The molecule has 2 N–H and O–H groups in total. The highest BCUT2D eigenvalue weighted by molar-refractivity contribution is 6.09. The third-order valence-electron chi connectivity index (χ3n) is 3.97. The number of unbranched alkanes of at least 4 members (excludes halogenated alkanes) is 1. The summed E-state index contributed by atoms with van der Waals surface area (Å²) in [4.78, 5) is 23.1. The Labute approximate surface area is 164 Å². The lowest BCUT2D eigenvalue weighted by atomic mass is 10.1. The van der Waals surface area contributed by atoms with Gasteiger partial charge in [0.1, 0.15) is 17.4 Å². The second kappa shape index (κ2) is 10.5. The first-order valence-corrected chi connectivity index (χ1v) is 8.99. The van der Waals surface area contributed by atoms with Crippen molar-refractivity contribution in [2.45, 2.75) is 26.2 Å². The van der Waals surface area contributed by atoms with E-state index in [1.54, 1.807) is 24.3 Å². The summed E-state index contributed by atoms with van der Waals surface area (Å²) < 4.78 is 5.20. The molecule has 0 atom stereocenters. The third-order valence-corrected chi connectivity index (χ3v) is 3.97. The fourth-order valence-electron chi connectivity index (χ4n) is 2.51. The topological polar surface area (TPSA) is 99.4 Å². The number of ether oxygens (including phenoxy) is 1. The van der Waals surface area contributed by atoms with Crippen molar-refractivity contribution in [3.8, 4) is 11.8 Å². The molecule has 0 saturated carbocycles. The minimum absolute atomic E-state index is 0.110. The number of carboxylic acids is 1. The van der Waals surface area contributed by atoms with Crippen molar-refractivity contribution in [1.82, 2.24) is 0 Å². The number of nitrogens with zero attached hydrogens (tertiary/aromatic N) is 1. The van der Waals surface area contributed by atoms with E-state index in [1.165, 1.54) is 11.6 Å². The molecule has 2 aromatic carbocycles. The van der Waals surface area contributed by atoms with Crippen LogP contribution in [-0.2, 0) is 16.0 Å².